The van der Waals surface area contributed by atoms with Gasteiger partial charge in [0.1, 0.15) is 5.75 Å². The average Bonchev–Trinajstić information content (AvgIpc) is 2.61. The molecule has 0 heterocycles. The Bertz CT molecular complexity index is 613. The van der Waals surface area contributed by atoms with Crippen LogP contribution in [-0.4, -0.2) is 30.1 Å². The van der Waals surface area contributed by atoms with Crippen LogP contribution in [0, 0.1) is 6.92 Å². The van der Waals surface area contributed by atoms with Crippen molar-refractivity contribution < 1.29 is 9.53 Å². The first kappa shape index (κ1) is 18.4. The second kappa shape index (κ2) is 10.0. The topological polar surface area (TPSA) is 38.3 Å². The standard InChI is InChI=1S/C20H25NO2S/c1-16-8-10-19(11-9-16)23-14-15-24-17(2)20(22)21-13-12-18-6-4-3-5-7-18/h3-11,17H,12-15H2,1-2H3,(H,21,22). The van der Waals surface area contributed by atoms with Crippen molar-refractivity contribution >= 4 is 17.7 Å². The normalized spacial score (nSPS) is 11.8. The van der Waals surface area contributed by atoms with E-state index in [9.17, 15) is 4.79 Å². The van der Waals surface area contributed by atoms with E-state index in [1.807, 2.05) is 49.4 Å². The summed E-state index contributed by atoms with van der Waals surface area (Å²) in [6, 6.07) is 18.2. The quantitative estimate of drug-likeness (QED) is 0.703. The van der Waals surface area contributed by atoms with Gasteiger partial charge >= 0.3 is 0 Å². The van der Waals surface area contributed by atoms with Gasteiger partial charge in [-0.2, -0.15) is 0 Å². The molecule has 1 atom stereocenters. The predicted octanol–water partition coefficient (Wildman–Crippen LogP) is 3.85. The van der Waals surface area contributed by atoms with Crippen LogP contribution in [0.1, 0.15) is 18.1 Å². The molecule has 0 bridgehead atoms. The largest absolute Gasteiger partial charge is 0.493 e. The van der Waals surface area contributed by atoms with Gasteiger partial charge in [-0.25, -0.2) is 0 Å². The van der Waals surface area contributed by atoms with E-state index in [0.717, 1.165) is 17.9 Å². The highest BCUT2D eigenvalue weighted by atomic mass is 32.2. The van der Waals surface area contributed by atoms with Crippen molar-refractivity contribution in [3.05, 3.63) is 65.7 Å². The fourth-order valence-electron chi connectivity index (χ4n) is 2.21. The summed E-state index contributed by atoms with van der Waals surface area (Å²) in [7, 11) is 0. The van der Waals surface area contributed by atoms with E-state index in [1.54, 1.807) is 11.8 Å². The Morgan fingerprint density at radius 1 is 1.12 bits per heavy atom. The third kappa shape index (κ3) is 6.67. The van der Waals surface area contributed by atoms with Gasteiger partial charge in [-0.15, -0.1) is 11.8 Å². The van der Waals surface area contributed by atoms with Gasteiger partial charge in [-0.1, -0.05) is 48.0 Å². The van der Waals surface area contributed by atoms with E-state index in [2.05, 4.69) is 24.4 Å². The molecule has 1 amide bonds. The minimum Gasteiger partial charge on any atom is -0.493 e. The number of carbonyl (C=O) groups is 1. The number of hydrogen-bond donors (Lipinski definition) is 1. The molecular formula is C20H25NO2S. The van der Waals surface area contributed by atoms with Gasteiger partial charge in [0.2, 0.25) is 5.91 Å². The zero-order valence-electron chi connectivity index (χ0n) is 14.3. The molecule has 128 valence electrons. The van der Waals surface area contributed by atoms with E-state index in [4.69, 9.17) is 4.74 Å². The summed E-state index contributed by atoms with van der Waals surface area (Å²) in [5, 5.41) is 2.93. The number of carbonyl (C=O) groups excluding carboxylic acids is 1. The number of rotatable bonds is 9. The molecule has 1 N–H and O–H groups in total. The van der Waals surface area contributed by atoms with E-state index < -0.39 is 0 Å². The van der Waals surface area contributed by atoms with Crippen molar-refractivity contribution in [3.8, 4) is 5.75 Å². The highest BCUT2D eigenvalue weighted by molar-refractivity contribution is 8.00. The molecular weight excluding hydrogens is 318 g/mol. The third-order valence-corrected chi connectivity index (χ3v) is 4.78. The number of amides is 1. The summed E-state index contributed by atoms with van der Waals surface area (Å²) in [4.78, 5) is 12.1. The average molecular weight is 343 g/mol. The van der Waals surface area contributed by atoms with E-state index in [1.165, 1.54) is 11.1 Å². The summed E-state index contributed by atoms with van der Waals surface area (Å²) in [6.07, 6.45) is 0.862. The highest BCUT2D eigenvalue weighted by Gasteiger charge is 2.12. The lowest BCUT2D eigenvalue weighted by atomic mass is 10.1. The van der Waals surface area contributed by atoms with Gasteiger partial charge in [0.15, 0.2) is 0 Å². The van der Waals surface area contributed by atoms with E-state index >= 15 is 0 Å². The van der Waals surface area contributed by atoms with Gasteiger partial charge in [0, 0.05) is 12.3 Å². The Kier molecular flexibility index (Phi) is 7.69. The fraction of sp³-hybridized carbons (Fsp3) is 0.350. The molecule has 0 aliphatic heterocycles. The molecule has 4 heteroatoms. The molecule has 2 aromatic rings. The van der Waals surface area contributed by atoms with Gasteiger partial charge < -0.3 is 10.1 Å². The molecule has 1 unspecified atom stereocenters. The third-order valence-electron chi connectivity index (χ3n) is 3.67. The molecule has 2 rings (SSSR count). The zero-order chi connectivity index (χ0) is 17.2. The Hall–Kier alpha value is -1.94. The molecule has 0 saturated heterocycles. The summed E-state index contributed by atoms with van der Waals surface area (Å²) in [6.45, 7) is 5.27. The van der Waals surface area contributed by atoms with Crippen LogP contribution in [-0.2, 0) is 11.2 Å². The maximum Gasteiger partial charge on any atom is 0.232 e. The molecule has 0 radical (unpaired) electrons. The smallest absolute Gasteiger partial charge is 0.232 e. The Labute approximate surface area is 148 Å². The lowest BCUT2D eigenvalue weighted by Gasteiger charge is -2.12. The molecule has 0 spiro atoms. The summed E-state index contributed by atoms with van der Waals surface area (Å²) in [5.74, 6) is 1.76. The maximum absolute atomic E-state index is 12.1. The van der Waals surface area contributed by atoms with Gasteiger partial charge in [0.25, 0.3) is 0 Å². The predicted molar refractivity (Wildman–Crippen MR) is 102 cm³/mol. The number of nitrogens with one attached hydrogen (secondary N) is 1. The number of aryl methyl sites for hydroxylation is 1. The number of benzene rings is 2. The first-order chi connectivity index (χ1) is 11.6. The van der Waals surface area contributed by atoms with Crippen molar-refractivity contribution in [2.24, 2.45) is 0 Å². The molecule has 3 nitrogen and oxygen atoms in total. The summed E-state index contributed by atoms with van der Waals surface area (Å²) < 4.78 is 5.68. The minimum absolute atomic E-state index is 0.0672. The number of ether oxygens (including phenoxy) is 1. The first-order valence-electron chi connectivity index (χ1n) is 8.28. The molecule has 0 aliphatic rings. The zero-order valence-corrected chi connectivity index (χ0v) is 15.1. The van der Waals surface area contributed by atoms with Crippen molar-refractivity contribution in [1.82, 2.24) is 5.32 Å². The van der Waals surface area contributed by atoms with Crippen LogP contribution >= 0.6 is 11.8 Å². The lowest BCUT2D eigenvalue weighted by molar-refractivity contribution is -0.120. The second-order valence-electron chi connectivity index (χ2n) is 5.70. The molecule has 0 aromatic heterocycles. The highest BCUT2D eigenvalue weighted by Crippen LogP contribution is 2.14. The maximum atomic E-state index is 12.1. The van der Waals surface area contributed by atoms with Crippen LogP contribution in [0.5, 0.6) is 5.75 Å². The molecule has 2 aromatic carbocycles. The van der Waals surface area contributed by atoms with E-state index in [0.29, 0.717) is 13.2 Å². The van der Waals surface area contributed by atoms with Crippen molar-refractivity contribution in [2.75, 3.05) is 18.9 Å². The van der Waals surface area contributed by atoms with Crippen LogP contribution in [0.3, 0.4) is 0 Å². The van der Waals surface area contributed by atoms with Crippen LogP contribution in [0.25, 0.3) is 0 Å². The van der Waals surface area contributed by atoms with Crippen molar-refractivity contribution in [1.29, 1.82) is 0 Å². The molecule has 0 saturated carbocycles. The summed E-state index contributed by atoms with van der Waals surface area (Å²) in [5.41, 5.74) is 2.46. The monoisotopic (exact) mass is 343 g/mol. The van der Waals surface area contributed by atoms with Crippen LogP contribution in [0.15, 0.2) is 54.6 Å². The minimum atomic E-state index is -0.0672. The van der Waals surface area contributed by atoms with Crippen LogP contribution < -0.4 is 10.1 Å². The SMILES string of the molecule is Cc1ccc(OCCSC(C)C(=O)NCCc2ccccc2)cc1. The van der Waals surface area contributed by atoms with Gasteiger partial charge in [-0.05, 0) is 38.0 Å². The van der Waals surface area contributed by atoms with Crippen molar-refractivity contribution in [2.45, 2.75) is 25.5 Å². The van der Waals surface area contributed by atoms with Gasteiger partial charge in [0.05, 0.1) is 11.9 Å². The fourth-order valence-corrected chi connectivity index (χ4v) is 2.98. The summed E-state index contributed by atoms with van der Waals surface area (Å²) >= 11 is 1.62. The lowest BCUT2D eigenvalue weighted by Crippen LogP contribution is -2.32. The molecule has 0 aliphatic carbocycles. The van der Waals surface area contributed by atoms with Crippen LogP contribution in [0.4, 0.5) is 0 Å². The molecule has 24 heavy (non-hydrogen) atoms. The Morgan fingerprint density at radius 2 is 1.83 bits per heavy atom. The van der Waals surface area contributed by atoms with Crippen LogP contribution in [0.2, 0.25) is 0 Å². The second-order valence-corrected chi connectivity index (χ2v) is 7.15. The van der Waals surface area contributed by atoms with Gasteiger partial charge in [-0.3, -0.25) is 4.79 Å². The number of thioether (sulfide) groups is 1. The number of hydrogen-bond acceptors (Lipinski definition) is 3. The van der Waals surface area contributed by atoms with E-state index in [-0.39, 0.29) is 11.2 Å². The Morgan fingerprint density at radius 3 is 2.54 bits per heavy atom. The Balaban J connectivity index is 1.58. The van der Waals surface area contributed by atoms with Crippen molar-refractivity contribution in [3.63, 3.8) is 0 Å². The first-order valence-corrected chi connectivity index (χ1v) is 9.33. The molecule has 0 fully saturated rings.